The molecule has 1 heteroatoms. The smallest absolute Gasteiger partial charge is 0.0462 e. The fraction of sp³-hybridized carbons (Fsp3) is 0. The van der Waals surface area contributed by atoms with Crippen LogP contribution in [0, 0.1) is 0 Å². The summed E-state index contributed by atoms with van der Waals surface area (Å²) in [5, 5.41) is 2.49. The van der Waals surface area contributed by atoms with E-state index in [1.807, 2.05) is 0 Å². The summed E-state index contributed by atoms with van der Waals surface area (Å²) in [4.78, 5) is 2.32. The molecule has 0 aliphatic heterocycles. The Labute approximate surface area is 276 Å². The maximum absolute atomic E-state index is 2.32. The van der Waals surface area contributed by atoms with Crippen molar-refractivity contribution < 1.29 is 0 Å². The number of para-hydroxylation sites is 1. The number of benzene rings is 8. The molecule has 47 heavy (non-hydrogen) atoms. The van der Waals surface area contributed by atoms with Crippen LogP contribution in [-0.2, 0) is 0 Å². The minimum Gasteiger partial charge on any atom is -0.311 e. The van der Waals surface area contributed by atoms with Crippen LogP contribution in [0.2, 0.25) is 0 Å². The maximum Gasteiger partial charge on any atom is 0.0462 e. The quantitative estimate of drug-likeness (QED) is 0.176. The van der Waals surface area contributed by atoms with Crippen molar-refractivity contribution in [2.75, 3.05) is 4.90 Å². The van der Waals surface area contributed by atoms with Gasteiger partial charge in [0.25, 0.3) is 0 Å². The standard InChI is InChI=1S/C46H33N/c1-4-12-34(13-5-1)38-20-22-41-33-39(21-23-40(41)32-38)35-24-28-43(29-25-35)47(42-16-8-3-9-17-42)44-30-26-37(27-31-44)46-19-11-10-18-45(46)36-14-6-2-7-15-36/h1-33H. The van der Waals surface area contributed by atoms with Crippen LogP contribution in [0.15, 0.2) is 200 Å². The SMILES string of the molecule is c1ccc(-c2ccc3cc(-c4ccc(N(c5ccccc5)c5ccc(-c6ccccc6-c6ccccc6)cc5)cc4)ccc3c2)cc1. The molecule has 0 radical (unpaired) electrons. The van der Waals surface area contributed by atoms with Gasteiger partial charge in [0, 0.05) is 17.1 Å². The Morgan fingerprint density at radius 2 is 0.574 bits per heavy atom. The highest BCUT2D eigenvalue weighted by Crippen LogP contribution is 2.38. The summed E-state index contributed by atoms with van der Waals surface area (Å²) in [7, 11) is 0. The molecule has 0 aliphatic carbocycles. The summed E-state index contributed by atoms with van der Waals surface area (Å²) >= 11 is 0. The lowest BCUT2D eigenvalue weighted by molar-refractivity contribution is 1.28. The van der Waals surface area contributed by atoms with Crippen molar-refractivity contribution in [2.45, 2.75) is 0 Å². The average Bonchev–Trinajstić information content (AvgIpc) is 3.16. The first kappa shape index (κ1) is 28.3. The van der Waals surface area contributed by atoms with E-state index in [1.165, 1.54) is 55.3 Å². The molecule has 1 nitrogen and oxygen atoms in total. The Bertz CT molecular complexity index is 2250. The second-order valence-electron chi connectivity index (χ2n) is 11.8. The normalized spacial score (nSPS) is 11.0. The van der Waals surface area contributed by atoms with Crippen LogP contribution < -0.4 is 4.90 Å². The van der Waals surface area contributed by atoms with E-state index in [9.17, 15) is 0 Å². The van der Waals surface area contributed by atoms with Gasteiger partial charge in [-0.1, -0.05) is 152 Å². The summed E-state index contributed by atoms with van der Waals surface area (Å²) < 4.78 is 0. The number of hydrogen-bond donors (Lipinski definition) is 0. The zero-order valence-corrected chi connectivity index (χ0v) is 26.0. The number of nitrogens with zero attached hydrogens (tertiary/aromatic N) is 1. The van der Waals surface area contributed by atoms with Gasteiger partial charge in [-0.2, -0.15) is 0 Å². The Morgan fingerprint density at radius 1 is 0.234 bits per heavy atom. The third kappa shape index (κ3) is 5.83. The van der Waals surface area contributed by atoms with Crippen molar-refractivity contribution in [2.24, 2.45) is 0 Å². The number of fused-ring (bicyclic) bond motifs is 1. The Morgan fingerprint density at radius 3 is 1.09 bits per heavy atom. The molecule has 0 atom stereocenters. The van der Waals surface area contributed by atoms with E-state index in [-0.39, 0.29) is 0 Å². The summed E-state index contributed by atoms with van der Waals surface area (Å²) in [6, 6.07) is 71.7. The molecular formula is C46H33N. The van der Waals surface area contributed by atoms with Gasteiger partial charge < -0.3 is 4.90 Å². The molecule has 8 rings (SSSR count). The fourth-order valence-corrected chi connectivity index (χ4v) is 6.46. The molecule has 0 saturated heterocycles. The van der Waals surface area contributed by atoms with Gasteiger partial charge in [-0.25, -0.2) is 0 Å². The van der Waals surface area contributed by atoms with E-state index in [1.54, 1.807) is 0 Å². The molecule has 0 fully saturated rings. The molecule has 0 bridgehead atoms. The van der Waals surface area contributed by atoms with Gasteiger partial charge in [0.05, 0.1) is 0 Å². The first-order valence-electron chi connectivity index (χ1n) is 16.1. The monoisotopic (exact) mass is 599 g/mol. The Hall–Kier alpha value is -6.18. The first-order valence-corrected chi connectivity index (χ1v) is 16.1. The van der Waals surface area contributed by atoms with E-state index in [0.717, 1.165) is 17.1 Å². The van der Waals surface area contributed by atoms with Gasteiger partial charge in [0.2, 0.25) is 0 Å². The molecule has 0 amide bonds. The molecule has 0 saturated carbocycles. The van der Waals surface area contributed by atoms with Crippen LogP contribution in [0.25, 0.3) is 55.3 Å². The number of anilines is 3. The topological polar surface area (TPSA) is 3.24 Å². The Kier molecular flexibility index (Phi) is 7.63. The maximum atomic E-state index is 2.32. The van der Waals surface area contributed by atoms with Crippen molar-refractivity contribution in [3.8, 4) is 44.5 Å². The fourth-order valence-electron chi connectivity index (χ4n) is 6.46. The molecule has 0 N–H and O–H groups in total. The van der Waals surface area contributed by atoms with Gasteiger partial charge in [0.15, 0.2) is 0 Å². The van der Waals surface area contributed by atoms with E-state index < -0.39 is 0 Å². The first-order chi connectivity index (χ1) is 23.3. The third-order valence-corrected chi connectivity index (χ3v) is 8.87. The molecule has 222 valence electrons. The number of rotatable bonds is 7. The van der Waals surface area contributed by atoms with Gasteiger partial charge in [0.1, 0.15) is 0 Å². The van der Waals surface area contributed by atoms with Gasteiger partial charge >= 0.3 is 0 Å². The van der Waals surface area contributed by atoms with Crippen molar-refractivity contribution in [3.05, 3.63) is 200 Å². The minimum absolute atomic E-state index is 1.12. The molecule has 0 heterocycles. The zero-order valence-electron chi connectivity index (χ0n) is 26.0. The Balaban J connectivity index is 1.11. The van der Waals surface area contributed by atoms with Gasteiger partial charge in [-0.15, -0.1) is 0 Å². The van der Waals surface area contributed by atoms with Crippen molar-refractivity contribution in [1.82, 2.24) is 0 Å². The summed E-state index contributed by atoms with van der Waals surface area (Å²) in [5.74, 6) is 0. The molecule has 8 aromatic carbocycles. The molecule has 0 aromatic heterocycles. The zero-order chi connectivity index (χ0) is 31.4. The van der Waals surface area contributed by atoms with Crippen molar-refractivity contribution in [1.29, 1.82) is 0 Å². The van der Waals surface area contributed by atoms with Crippen LogP contribution in [0.4, 0.5) is 17.1 Å². The number of hydrogen-bond acceptors (Lipinski definition) is 1. The average molecular weight is 600 g/mol. The van der Waals surface area contributed by atoms with Crippen molar-refractivity contribution >= 4 is 27.8 Å². The highest BCUT2D eigenvalue weighted by molar-refractivity contribution is 5.91. The molecule has 0 unspecified atom stereocenters. The summed E-state index contributed by atoms with van der Waals surface area (Å²) in [6.45, 7) is 0. The summed E-state index contributed by atoms with van der Waals surface area (Å²) in [5.41, 5.74) is 13.1. The highest BCUT2D eigenvalue weighted by atomic mass is 15.1. The molecule has 0 aliphatic rings. The van der Waals surface area contributed by atoms with E-state index in [4.69, 9.17) is 0 Å². The van der Waals surface area contributed by atoms with Crippen molar-refractivity contribution in [3.63, 3.8) is 0 Å². The highest BCUT2D eigenvalue weighted by Gasteiger charge is 2.14. The second-order valence-corrected chi connectivity index (χ2v) is 11.8. The van der Waals surface area contributed by atoms with Crippen LogP contribution in [0.3, 0.4) is 0 Å². The predicted molar refractivity (Wildman–Crippen MR) is 200 cm³/mol. The van der Waals surface area contributed by atoms with Crippen LogP contribution in [-0.4, -0.2) is 0 Å². The van der Waals surface area contributed by atoms with Gasteiger partial charge in [-0.05, 0) is 104 Å². The van der Waals surface area contributed by atoms with Crippen LogP contribution >= 0.6 is 0 Å². The minimum atomic E-state index is 1.12. The second kappa shape index (κ2) is 12.7. The van der Waals surface area contributed by atoms with E-state index in [0.29, 0.717) is 0 Å². The third-order valence-electron chi connectivity index (χ3n) is 8.87. The van der Waals surface area contributed by atoms with Crippen LogP contribution in [0.5, 0.6) is 0 Å². The largest absolute Gasteiger partial charge is 0.311 e. The molecule has 0 spiro atoms. The summed E-state index contributed by atoms with van der Waals surface area (Å²) in [6.07, 6.45) is 0. The van der Waals surface area contributed by atoms with Gasteiger partial charge in [-0.3, -0.25) is 0 Å². The van der Waals surface area contributed by atoms with Crippen LogP contribution in [0.1, 0.15) is 0 Å². The lowest BCUT2D eigenvalue weighted by Gasteiger charge is -2.26. The predicted octanol–water partition coefficient (Wildman–Crippen LogP) is 13.0. The van der Waals surface area contributed by atoms with E-state index >= 15 is 0 Å². The lowest BCUT2D eigenvalue weighted by Crippen LogP contribution is -2.09. The lowest BCUT2D eigenvalue weighted by atomic mass is 9.94. The molecular weight excluding hydrogens is 567 g/mol. The molecule has 8 aromatic rings. The van der Waals surface area contributed by atoms with E-state index in [2.05, 4.69) is 205 Å².